The fourth-order valence-electron chi connectivity index (χ4n) is 10.3. The molecular weight excluding hydrogens is 757 g/mol. The molecule has 0 spiro atoms. The molecule has 0 fully saturated rings. The quantitative estimate of drug-likeness (QED) is 0.168. The fourth-order valence-corrected chi connectivity index (χ4v) is 10.3. The maximum absolute atomic E-state index is 7.00. The topological polar surface area (TPSA) is 32.8 Å². The molecule has 11 aromatic rings. The van der Waals surface area contributed by atoms with Crippen molar-refractivity contribution >= 4 is 99.5 Å². The van der Waals surface area contributed by atoms with Gasteiger partial charge in [0.25, 0.3) is 0 Å². The van der Waals surface area contributed by atoms with Crippen LogP contribution in [0.3, 0.4) is 0 Å². The summed E-state index contributed by atoms with van der Waals surface area (Å²) in [5.41, 5.74) is 19.8. The number of hydrogen-bond donors (Lipinski definition) is 0. The summed E-state index contributed by atoms with van der Waals surface area (Å²) in [5.74, 6) is 0. The van der Waals surface area contributed by atoms with Gasteiger partial charge in [-0.05, 0) is 171 Å². The highest BCUT2D eigenvalue weighted by molar-refractivity contribution is 6.28. The molecule has 11 rings (SSSR count). The highest BCUT2D eigenvalue weighted by Gasteiger charge is 2.25. The van der Waals surface area contributed by atoms with Crippen LogP contribution in [0.4, 0.5) is 34.1 Å². The van der Waals surface area contributed by atoms with Crippen molar-refractivity contribution in [2.75, 3.05) is 9.80 Å². The van der Waals surface area contributed by atoms with Gasteiger partial charge >= 0.3 is 0 Å². The number of aryl methyl sites for hydroxylation is 8. The number of nitrogens with zero attached hydrogens (tertiary/aromatic N) is 2. The largest absolute Gasteiger partial charge is 0.456 e. The number of hydrogen-bond acceptors (Lipinski definition) is 4. The molecule has 0 aliphatic heterocycles. The summed E-state index contributed by atoms with van der Waals surface area (Å²) in [6.45, 7) is 17.4. The van der Waals surface area contributed by atoms with Crippen molar-refractivity contribution < 1.29 is 8.83 Å². The summed E-state index contributed by atoms with van der Waals surface area (Å²) >= 11 is 0. The van der Waals surface area contributed by atoms with Gasteiger partial charge in [0.2, 0.25) is 0 Å². The number of furan rings is 2. The number of benzene rings is 9. The Kier molecular flexibility index (Phi) is 8.59. The van der Waals surface area contributed by atoms with E-state index < -0.39 is 0 Å². The molecule has 4 nitrogen and oxygen atoms in total. The molecule has 2 heterocycles. The van der Waals surface area contributed by atoms with Crippen LogP contribution in [-0.2, 0) is 0 Å². The van der Waals surface area contributed by atoms with E-state index in [-0.39, 0.29) is 0 Å². The average Bonchev–Trinajstić information content (AvgIpc) is 3.76. The smallest absolute Gasteiger partial charge is 0.138 e. The molecule has 302 valence electrons. The number of rotatable bonds is 6. The first kappa shape index (κ1) is 37.7. The van der Waals surface area contributed by atoms with Crippen LogP contribution < -0.4 is 9.80 Å². The molecular formula is C58H48N2O2. The minimum atomic E-state index is 0.835. The molecule has 0 aliphatic rings. The van der Waals surface area contributed by atoms with Crippen molar-refractivity contribution in [1.29, 1.82) is 0 Å². The van der Waals surface area contributed by atoms with Crippen LogP contribution in [0.1, 0.15) is 44.5 Å². The van der Waals surface area contributed by atoms with Crippen molar-refractivity contribution in [3.63, 3.8) is 0 Å². The second kappa shape index (κ2) is 14.1. The van der Waals surface area contributed by atoms with E-state index in [9.17, 15) is 0 Å². The minimum Gasteiger partial charge on any atom is -0.456 e. The van der Waals surface area contributed by atoms with Gasteiger partial charge in [-0.2, -0.15) is 0 Å². The third kappa shape index (κ3) is 6.20. The van der Waals surface area contributed by atoms with E-state index in [2.05, 4.69) is 211 Å². The van der Waals surface area contributed by atoms with E-state index in [0.717, 1.165) is 99.5 Å². The molecule has 0 unspecified atom stereocenters. The molecule has 4 heteroatoms. The van der Waals surface area contributed by atoms with Gasteiger partial charge in [-0.25, -0.2) is 0 Å². The minimum absolute atomic E-state index is 0.835. The lowest BCUT2D eigenvalue weighted by atomic mass is 9.98. The zero-order valence-corrected chi connectivity index (χ0v) is 36.6. The normalized spacial score (nSPS) is 11.9. The third-order valence-corrected chi connectivity index (χ3v) is 12.4. The van der Waals surface area contributed by atoms with Crippen LogP contribution in [0, 0.1) is 55.4 Å². The maximum atomic E-state index is 7.00. The predicted molar refractivity (Wildman–Crippen MR) is 263 cm³/mol. The van der Waals surface area contributed by atoms with E-state index in [1.807, 2.05) is 0 Å². The lowest BCUT2D eigenvalue weighted by molar-refractivity contribution is 0.664. The van der Waals surface area contributed by atoms with Crippen molar-refractivity contribution in [3.05, 3.63) is 190 Å². The lowest BCUT2D eigenvalue weighted by Gasteiger charge is -2.28. The van der Waals surface area contributed by atoms with Gasteiger partial charge in [-0.15, -0.1) is 0 Å². The fraction of sp³-hybridized carbons (Fsp3) is 0.138. The van der Waals surface area contributed by atoms with Gasteiger partial charge in [-0.3, -0.25) is 0 Å². The Labute approximate surface area is 362 Å². The van der Waals surface area contributed by atoms with Crippen LogP contribution in [0.25, 0.3) is 65.4 Å². The highest BCUT2D eigenvalue weighted by Crippen LogP contribution is 2.49. The SMILES string of the molecule is Cc1cc(C)cc(N(c2cc(C)cc(C)c2)c2cc3oc4cc5c(cc4c3c3ccccc23)oc2cc(N(c3cc(C)cc(C)c3)c3cc(C)cc(C)c3)c3ccccc3c25)c1. The Bertz CT molecular complexity index is 3220. The standard InChI is InChI=1S/C58H48N2O2/c1-33-17-34(2)22-41(21-33)59(42-23-35(3)18-36(4)24-42)51-31-55-57(47-15-11-9-13-45(47)51)49-29-54-50(30-53(49)61-55)58-48-16-12-10-14-46(48)52(32-56(58)62-54)60(43-25-37(5)19-38(6)26-43)44-27-39(7)20-40(8)28-44/h9-32H,1-8H3. The molecule has 2 aromatic heterocycles. The average molecular weight is 805 g/mol. The summed E-state index contributed by atoms with van der Waals surface area (Å²) < 4.78 is 14.0. The molecule has 0 N–H and O–H groups in total. The van der Waals surface area contributed by atoms with Crippen LogP contribution in [-0.4, -0.2) is 0 Å². The Balaban J connectivity index is 1.17. The first-order chi connectivity index (χ1) is 29.9. The van der Waals surface area contributed by atoms with Gasteiger partial charge < -0.3 is 18.6 Å². The molecule has 0 saturated heterocycles. The van der Waals surface area contributed by atoms with Crippen LogP contribution in [0.15, 0.2) is 154 Å². The van der Waals surface area contributed by atoms with Gasteiger partial charge in [0, 0.05) is 67.2 Å². The van der Waals surface area contributed by atoms with E-state index in [0.29, 0.717) is 0 Å². The van der Waals surface area contributed by atoms with E-state index in [4.69, 9.17) is 8.83 Å². The number of anilines is 6. The van der Waals surface area contributed by atoms with Gasteiger partial charge in [0.1, 0.15) is 22.3 Å². The van der Waals surface area contributed by atoms with Crippen LogP contribution in [0.2, 0.25) is 0 Å². The maximum Gasteiger partial charge on any atom is 0.138 e. The second-order valence-electron chi connectivity index (χ2n) is 17.7. The zero-order chi connectivity index (χ0) is 42.6. The van der Waals surface area contributed by atoms with Gasteiger partial charge in [-0.1, -0.05) is 72.8 Å². The van der Waals surface area contributed by atoms with Crippen molar-refractivity contribution in [3.8, 4) is 0 Å². The van der Waals surface area contributed by atoms with E-state index in [1.165, 1.54) is 44.5 Å². The molecule has 0 saturated carbocycles. The predicted octanol–water partition coefficient (Wildman–Crippen LogP) is 17.2. The van der Waals surface area contributed by atoms with Crippen molar-refractivity contribution in [2.45, 2.75) is 55.4 Å². The van der Waals surface area contributed by atoms with E-state index in [1.54, 1.807) is 0 Å². The molecule has 0 amide bonds. The second-order valence-corrected chi connectivity index (χ2v) is 17.7. The Morgan fingerprint density at radius 1 is 0.274 bits per heavy atom. The monoisotopic (exact) mass is 804 g/mol. The molecule has 0 bridgehead atoms. The Morgan fingerprint density at radius 2 is 0.548 bits per heavy atom. The van der Waals surface area contributed by atoms with Gasteiger partial charge in [0.15, 0.2) is 0 Å². The highest BCUT2D eigenvalue weighted by atomic mass is 16.3. The summed E-state index contributed by atoms with van der Waals surface area (Å²) in [6, 6.07) is 53.5. The molecule has 0 radical (unpaired) electrons. The third-order valence-electron chi connectivity index (χ3n) is 12.4. The molecule has 9 aromatic carbocycles. The summed E-state index contributed by atoms with van der Waals surface area (Å²) in [4.78, 5) is 4.80. The number of fused-ring (bicyclic) bond motifs is 10. The Morgan fingerprint density at radius 3 is 0.839 bits per heavy atom. The molecule has 62 heavy (non-hydrogen) atoms. The zero-order valence-electron chi connectivity index (χ0n) is 36.6. The Hall–Kier alpha value is -7.30. The summed E-state index contributed by atoms with van der Waals surface area (Å²) in [7, 11) is 0. The summed E-state index contributed by atoms with van der Waals surface area (Å²) in [5, 5.41) is 8.83. The van der Waals surface area contributed by atoms with E-state index >= 15 is 0 Å². The van der Waals surface area contributed by atoms with Gasteiger partial charge in [0.05, 0.1) is 11.4 Å². The lowest BCUT2D eigenvalue weighted by Crippen LogP contribution is -2.11. The molecule has 0 aliphatic carbocycles. The first-order valence-electron chi connectivity index (χ1n) is 21.6. The van der Waals surface area contributed by atoms with Crippen molar-refractivity contribution in [1.82, 2.24) is 0 Å². The first-order valence-corrected chi connectivity index (χ1v) is 21.6. The van der Waals surface area contributed by atoms with Crippen LogP contribution in [0.5, 0.6) is 0 Å². The van der Waals surface area contributed by atoms with Crippen molar-refractivity contribution in [2.24, 2.45) is 0 Å². The summed E-state index contributed by atoms with van der Waals surface area (Å²) in [6.07, 6.45) is 0. The van der Waals surface area contributed by atoms with Crippen LogP contribution >= 0.6 is 0 Å². The molecule has 0 atom stereocenters.